The Labute approximate surface area is 153 Å². The van der Waals surface area contributed by atoms with Gasteiger partial charge in [0.15, 0.2) is 6.61 Å². The number of alkyl halides is 1. The number of rotatable bonds is 4. The molecule has 4 nitrogen and oxygen atoms in total. The number of hydrogen-bond acceptors (Lipinski definition) is 3. The van der Waals surface area contributed by atoms with Crippen LogP contribution in [0.5, 0.6) is 0 Å². The Morgan fingerprint density at radius 3 is 2.40 bits per heavy atom. The number of hydrogen-bond donors (Lipinski definition) is 0. The summed E-state index contributed by atoms with van der Waals surface area (Å²) in [6.45, 7) is 3.71. The van der Waals surface area contributed by atoms with E-state index in [1.54, 1.807) is 0 Å². The summed E-state index contributed by atoms with van der Waals surface area (Å²) in [4.78, 5) is 25.2. The SMILES string of the molecule is Cc1cc(C(=O)COC(=O)C23C[C@@H]4C[C@@H](CC(Cl)(C4)C2)C3)c(C)n1C. The van der Waals surface area contributed by atoms with Crippen LogP contribution in [-0.2, 0) is 16.6 Å². The summed E-state index contributed by atoms with van der Waals surface area (Å²) in [6.07, 6.45) is 5.74. The molecule has 4 atom stereocenters. The number of ether oxygens (including phenoxy) is 1. The van der Waals surface area contributed by atoms with Crippen molar-refractivity contribution >= 4 is 23.4 Å². The molecule has 1 aromatic rings. The molecule has 5 heteroatoms. The maximum absolute atomic E-state index is 12.9. The summed E-state index contributed by atoms with van der Waals surface area (Å²) in [6, 6.07) is 1.87. The van der Waals surface area contributed by atoms with Crippen LogP contribution < -0.4 is 0 Å². The van der Waals surface area contributed by atoms with Crippen LogP contribution in [0.1, 0.15) is 60.3 Å². The molecule has 0 amide bonds. The zero-order valence-electron chi connectivity index (χ0n) is 15.2. The summed E-state index contributed by atoms with van der Waals surface area (Å²) in [5, 5.41) is 0. The lowest BCUT2D eigenvalue weighted by Gasteiger charge is -2.58. The van der Waals surface area contributed by atoms with Gasteiger partial charge in [-0.05, 0) is 70.3 Å². The third-order valence-corrected chi connectivity index (χ3v) is 7.27. The van der Waals surface area contributed by atoms with Gasteiger partial charge in [-0.25, -0.2) is 0 Å². The van der Waals surface area contributed by atoms with Gasteiger partial charge in [0.2, 0.25) is 5.78 Å². The van der Waals surface area contributed by atoms with E-state index < -0.39 is 5.41 Å². The number of carbonyl (C=O) groups excluding carboxylic acids is 2. The number of aromatic nitrogens is 1. The van der Waals surface area contributed by atoms with Crippen molar-refractivity contribution in [2.45, 2.75) is 57.2 Å². The van der Waals surface area contributed by atoms with E-state index in [-0.39, 0.29) is 23.2 Å². The molecule has 0 radical (unpaired) electrons. The van der Waals surface area contributed by atoms with E-state index in [9.17, 15) is 9.59 Å². The minimum atomic E-state index is -0.451. The Kier molecular flexibility index (Phi) is 3.84. The topological polar surface area (TPSA) is 48.3 Å². The molecule has 0 N–H and O–H groups in total. The Hall–Kier alpha value is -1.29. The average molecular weight is 364 g/mol. The van der Waals surface area contributed by atoms with Crippen LogP contribution >= 0.6 is 11.6 Å². The normalized spacial score (nSPS) is 35.8. The Morgan fingerprint density at radius 1 is 1.24 bits per heavy atom. The summed E-state index contributed by atoms with van der Waals surface area (Å²) in [7, 11) is 1.93. The van der Waals surface area contributed by atoms with Crippen molar-refractivity contribution < 1.29 is 14.3 Å². The second-order valence-electron chi connectivity index (χ2n) is 8.74. The highest BCUT2D eigenvalue weighted by molar-refractivity contribution is 6.24. The number of nitrogens with zero attached hydrogens (tertiary/aromatic N) is 1. The quantitative estimate of drug-likeness (QED) is 0.462. The molecule has 4 saturated carbocycles. The first kappa shape index (κ1) is 17.1. The lowest BCUT2D eigenvalue weighted by molar-refractivity contribution is -0.168. The fourth-order valence-corrected chi connectivity index (χ4v) is 6.58. The van der Waals surface area contributed by atoms with E-state index in [1.165, 1.54) is 6.42 Å². The van der Waals surface area contributed by atoms with Crippen molar-refractivity contribution in [3.05, 3.63) is 23.0 Å². The first-order chi connectivity index (χ1) is 11.7. The van der Waals surface area contributed by atoms with Gasteiger partial charge in [-0.2, -0.15) is 0 Å². The standard InChI is InChI=1S/C20H26ClNO3/c1-12-4-16(13(2)22(12)3)17(23)10-25-18(24)19-6-14-5-15(7-19)9-20(21,8-14)11-19/h4,14-15H,5-11H2,1-3H3/t14-,15+,19?,20?. The van der Waals surface area contributed by atoms with Crippen LogP contribution in [0, 0.1) is 31.1 Å². The molecule has 4 bridgehead atoms. The summed E-state index contributed by atoms with van der Waals surface area (Å²) >= 11 is 6.79. The first-order valence-electron chi connectivity index (χ1n) is 9.24. The minimum absolute atomic E-state index is 0.125. The lowest BCUT2D eigenvalue weighted by atomic mass is 9.49. The van der Waals surface area contributed by atoms with Crippen molar-refractivity contribution in [3.8, 4) is 0 Å². The predicted molar refractivity (Wildman–Crippen MR) is 95.9 cm³/mol. The van der Waals surface area contributed by atoms with Crippen molar-refractivity contribution in [3.63, 3.8) is 0 Å². The molecule has 2 unspecified atom stereocenters. The molecule has 1 heterocycles. The summed E-state index contributed by atoms with van der Waals surface area (Å²) < 4.78 is 7.51. The fourth-order valence-electron chi connectivity index (χ4n) is 5.89. The highest BCUT2D eigenvalue weighted by Gasteiger charge is 2.60. The Bertz CT molecular complexity index is 736. The smallest absolute Gasteiger partial charge is 0.312 e. The third-order valence-electron chi connectivity index (χ3n) is 6.83. The second-order valence-corrected chi connectivity index (χ2v) is 9.54. The molecule has 1 aromatic heterocycles. The summed E-state index contributed by atoms with van der Waals surface area (Å²) in [5.74, 6) is 0.757. The molecule has 5 rings (SSSR count). The van der Waals surface area contributed by atoms with E-state index in [2.05, 4.69) is 0 Å². The molecule has 4 aliphatic carbocycles. The molecule has 4 aliphatic rings. The highest BCUT2D eigenvalue weighted by atomic mass is 35.5. The molecule has 4 fully saturated rings. The van der Waals surface area contributed by atoms with Gasteiger partial charge in [-0.3, -0.25) is 9.59 Å². The molecule has 0 spiro atoms. The van der Waals surface area contributed by atoms with E-state index >= 15 is 0 Å². The zero-order valence-corrected chi connectivity index (χ0v) is 16.0. The van der Waals surface area contributed by atoms with Gasteiger partial charge < -0.3 is 9.30 Å². The first-order valence-corrected chi connectivity index (χ1v) is 9.61. The van der Waals surface area contributed by atoms with Crippen LogP contribution in [-0.4, -0.2) is 27.8 Å². The average Bonchev–Trinajstić information content (AvgIpc) is 2.77. The maximum Gasteiger partial charge on any atom is 0.312 e. The van der Waals surface area contributed by atoms with E-state index in [0.717, 1.165) is 37.1 Å². The molecule has 0 aliphatic heterocycles. The van der Waals surface area contributed by atoms with E-state index in [1.807, 2.05) is 31.5 Å². The van der Waals surface area contributed by atoms with E-state index in [4.69, 9.17) is 16.3 Å². The van der Waals surface area contributed by atoms with Gasteiger partial charge in [-0.1, -0.05) is 0 Å². The number of ketones is 1. The summed E-state index contributed by atoms with van der Waals surface area (Å²) in [5.41, 5.74) is 2.13. The van der Waals surface area contributed by atoms with E-state index in [0.29, 0.717) is 23.8 Å². The van der Waals surface area contributed by atoms with Gasteiger partial charge >= 0.3 is 5.97 Å². The zero-order chi connectivity index (χ0) is 18.0. The number of carbonyl (C=O) groups is 2. The number of halogens is 1. The second kappa shape index (κ2) is 5.60. The maximum atomic E-state index is 12.9. The van der Waals surface area contributed by atoms with Crippen LogP contribution in [0.4, 0.5) is 0 Å². The Morgan fingerprint density at radius 2 is 1.88 bits per heavy atom. The minimum Gasteiger partial charge on any atom is -0.457 e. The molecule has 136 valence electrons. The monoisotopic (exact) mass is 363 g/mol. The molecular weight excluding hydrogens is 338 g/mol. The number of esters is 1. The van der Waals surface area contributed by atoms with Crippen LogP contribution in [0.15, 0.2) is 6.07 Å². The molecular formula is C20H26ClNO3. The third kappa shape index (κ3) is 2.73. The lowest BCUT2D eigenvalue weighted by Crippen LogP contribution is -2.56. The molecule has 0 aromatic carbocycles. The van der Waals surface area contributed by atoms with Gasteiger partial charge in [0.25, 0.3) is 0 Å². The van der Waals surface area contributed by atoms with Crippen molar-refractivity contribution in [2.24, 2.45) is 24.3 Å². The number of aryl methyl sites for hydroxylation is 1. The van der Waals surface area contributed by atoms with Gasteiger partial charge in [-0.15, -0.1) is 11.6 Å². The Balaban J connectivity index is 1.46. The number of Topliss-reactive ketones (excluding diaryl/α,β-unsaturated/α-hetero) is 1. The molecule has 0 saturated heterocycles. The van der Waals surface area contributed by atoms with Crippen LogP contribution in [0.3, 0.4) is 0 Å². The molecule has 25 heavy (non-hydrogen) atoms. The predicted octanol–water partition coefficient (Wildman–Crippen LogP) is 3.95. The van der Waals surface area contributed by atoms with Gasteiger partial charge in [0, 0.05) is 28.9 Å². The van der Waals surface area contributed by atoms with Crippen LogP contribution in [0.25, 0.3) is 0 Å². The van der Waals surface area contributed by atoms with Gasteiger partial charge in [0.1, 0.15) is 0 Å². The van der Waals surface area contributed by atoms with Crippen molar-refractivity contribution in [1.29, 1.82) is 0 Å². The van der Waals surface area contributed by atoms with Crippen molar-refractivity contribution in [2.75, 3.05) is 6.61 Å². The van der Waals surface area contributed by atoms with Gasteiger partial charge in [0.05, 0.1) is 5.41 Å². The highest BCUT2D eigenvalue weighted by Crippen LogP contribution is 2.64. The largest absolute Gasteiger partial charge is 0.457 e. The van der Waals surface area contributed by atoms with Crippen LogP contribution in [0.2, 0.25) is 0 Å². The fraction of sp³-hybridized carbons (Fsp3) is 0.700. The van der Waals surface area contributed by atoms with Crippen molar-refractivity contribution in [1.82, 2.24) is 4.57 Å².